The number of methoxy groups -OCH3 is 1. The highest BCUT2D eigenvalue weighted by molar-refractivity contribution is 5.92. The summed E-state index contributed by atoms with van der Waals surface area (Å²) in [6.07, 6.45) is -0.593. The van der Waals surface area contributed by atoms with Crippen molar-refractivity contribution in [2.24, 2.45) is 0 Å². The second kappa shape index (κ2) is 10.3. The molecule has 2 N–H and O–H groups in total. The molecule has 30 heavy (non-hydrogen) atoms. The third-order valence-electron chi connectivity index (χ3n) is 3.77. The van der Waals surface area contributed by atoms with Gasteiger partial charge in [0.15, 0.2) is 6.61 Å². The number of carbonyl (C=O) groups excluding carboxylic acids is 3. The number of benzene rings is 2. The van der Waals surface area contributed by atoms with E-state index in [1.807, 2.05) is 18.2 Å². The lowest BCUT2D eigenvalue weighted by Gasteiger charge is -2.19. The molecule has 0 heterocycles. The van der Waals surface area contributed by atoms with Gasteiger partial charge in [-0.3, -0.25) is 10.1 Å². The predicted molar refractivity (Wildman–Crippen MR) is 111 cm³/mol. The second-order valence-corrected chi connectivity index (χ2v) is 7.37. The van der Waals surface area contributed by atoms with Gasteiger partial charge in [-0.15, -0.1) is 0 Å². The first-order chi connectivity index (χ1) is 14.2. The first kappa shape index (κ1) is 22.7. The van der Waals surface area contributed by atoms with Gasteiger partial charge in [-0.1, -0.05) is 18.2 Å². The number of esters is 1. The minimum Gasteiger partial charge on any atom is -0.496 e. The lowest BCUT2D eigenvalue weighted by molar-refractivity contribution is -0.124. The Morgan fingerprint density at radius 1 is 0.967 bits per heavy atom. The van der Waals surface area contributed by atoms with Crippen LogP contribution in [0.5, 0.6) is 5.75 Å². The molecule has 2 aromatic rings. The van der Waals surface area contributed by atoms with E-state index in [2.05, 4.69) is 10.6 Å². The van der Waals surface area contributed by atoms with Crippen molar-refractivity contribution in [2.75, 3.05) is 19.0 Å². The average Bonchev–Trinajstić information content (AvgIpc) is 2.69. The highest BCUT2D eigenvalue weighted by atomic mass is 16.6. The number of nitrogens with one attached hydrogen (secondary N) is 2. The fourth-order valence-electron chi connectivity index (χ4n) is 2.42. The molecular weight excluding hydrogens is 388 g/mol. The Morgan fingerprint density at radius 2 is 1.63 bits per heavy atom. The van der Waals surface area contributed by atoms with Crippen molar-refractivity contribution >= 4 is 23.7 Å². The highest BCUT2D eigenvalue weighted by Gasteiger charge is 2.16. The first-order valence-corrected chi connectivity index (χ1v) is 9.34. The van der Waals surface area contributed by atoms with E-state index < -0.39 is 30.2 Å². The molecule has 0 aliphatic rings. The van der Waals surface area contributed by atoms with E-state index in [0.717, 1.165) is 5.56 Å². The van der Waals surface area contributed by atoms with Crippen LogP contribution in [0.15, 0.2) is 48.5 Å². The minimum absolute atomic E-state index is 0.252. The maximum atomic E-state index is 12.1. The molecule has 0 aromatic heterocycles. The lowest BCUT2D eigenvalue weighted by atomic mass is 10.2. The van der Waals surface area contributed by atoms with Crippen molar-refractivity contribution in [1.82, 2.24) is 5.32 Å². The molecular formula is C22H26N2O6. The van der Waals surface area contributed by atoms with Crippen molar-refractivity contribution in [2.45, 2.75) is 32.9 Å². The molecule has 2 amide bonds. The Bertz CT molecular complexity index is 887. The average molecular weight is 414 g/mol. The summed E-state index contributed by atoms with van der Waals surface area (Å²) in [5.41, 5.74) is 0.922. The van der Waals surface area contributed by atoms with Crippen molar-refractivity contribution in [3.63, 3.8) is 0 Å². The Morgan fingerprint density at radius 3 is 2.27 bits per heavy atom. The van der Waals surface area contributed by atoms with E-state index in [4.69, 9.17) is 14.2 Å². The summed E-state index contributed by atoms with van der Waals surface area (Å²) in [7, 11) is 1.55. The van der Waals surface area contributed by atoms with Gasteiger partial charge < -0.3 is 19.5 Å². The smallest absolute Gasteiger partial charge is 0.412 e. The molecule has 0 spiro atoms. The number of ether oxygens (including phenoxy) is 3. The lowest BCUT2D eigenvalue weighted by Crippen LogP contribution is -2.28. The van der Waals surface area contributed by atoms with E-state index in [0.29, 0.717) is 11.4 Å². The van der Waals surface area contributed by atoms with Gasteiger partial charge in [0.25, 0.3) is 5.91 Å². The SMILES string of the molecule is COc1ccccc1CNC(=O)COC(=O)c1ccc(NC(=O)OC(C)(C)C)cc1. The maximum absolute atomic E-state index is 12.1. The van der Waals surface area contributed by atoms with Gasteiger partial charge in [-0.05, 0) is 51.1 Å². The van der Waals surface area contributed by atoms with Crippen LogP contribution in [-0.4, -0.2) is 37.3 Å². The topological polar surface area (TPSA) is 103 Å². The summed E-state index contributed by atoms with van der Waals surface area (Å²) in [5, 5.41) is 5.24. The Balaban J connectivity index is 1.80. The predicted octanol–water partition coefficient (Wildman–Crippen LogP) is 3.52. The van der Waals surface area contributed by atoms with Gasteiger partial charge in [-0.25, -0.2) is 9.59 Å². The Kier molecular flexibility index (Phi) is 7.80. The number of para-hydroxylation sites is 1. The standard InChI is InChI=1S/C22H26N2O6/c1-22(2,3)30-21(27)24-17-11-9-15(10-12-17)20(26)29-14-19(25)23-13-16-7-5-6-8-18(16)28-4/h5-12H,13-14H2,1-4H3,(H,23,25)(H,24,27). The second-order valence-electron chi connectivity index (χ2n) is 7.37. The number of anilines is 1. The van der Waals surface area contributed by atoms with Crippen LogP contribution in [0.4, 0.5) is 10.5 Å². The molecule has 0 atom stereocenters. The number of amides is 2. The van der Waals surface area contributed by atoms with Crippen molar-refractivity contribution in [1.29, 1.82) is 0 Å². The Hall–Kier alpha value is -3.55. The molecule has 0 radical (unpaired) electrons. The van der Waals surface area contributed by atoms with Gasteiger partial charge >= 0.3 is 12.1 Å². The van der Waals surface area contributed by atoms with Gasteiger partial charge in [-0.2, -0.15) is 0 Å². The largest absolute Gasteiger partial charge is 0.496 e. The van der Waals surface area contributed by atoms with E-state index in [-0.39, 0.29) is 12.1 Å². The quantitative estimate of drug-likeness (QED) is 0.672. The summed E-state index contributed by atoms with van der Waals surface area (Å²) >= 11 is 0. The van der Waals surface area contributed by atoms with Crippen LogP contribution in [0.2, 0.25) is 0 Å². The third-order valence-corrected chi connectivity index (χ3v) is 3.77. The Labute approximate surface area is 175 Å². The normalized spacial score (nSPS) is 10.7. The minimum atomic E-state index is -0.647. The van der Waals surface area contributed by atoms with Crippen molar-refractivity contribution in [3.05, 3.63) is 59.7 Å². The van der Waals surface area contributed by atoms with E-state index >= 15 is 0 Å². The zero-order valence-electron chi connectivity index (χ0n) is 17.5. The van der Waals surface area contributed by atoms with Crippen LogP contribution >= 0.6 is 0 Å². The molecule has 0 saturated carbocycles. The number of hydrogen-bond donors (Lipinski definition) is 2. The maximum Gasteiger partial charge on any atom is 0.412 e. The fraction of sp³-hybridized carbons (Fsp3) is 0.318. The van der Waals surface area contributed by atoms with Gasteiger partial charge in [0.2, 0.25) is 0 Å². The molecule has 160 valence electrons. The molecule has 2 aromatic carbocycles. The zero-order valence-corrected chi connectivity index (χ0v) is 17.5. The molecule has 0 aliphatic carbocycles. The van der Waals surface area contributed by atoms with E-state index in [1.165, 1.54) is 12.1 Å². The summed E-state index contributed by atoms with van der Waals surface area (Å²) < 4.78 is 15.4. The molecule has 2 rings (SSSR count). The molecule has 0 unspecified atom stereocenters. The zero-order chi connectivity index (χ0) is 22.1. The van der Waals surface area contributed by atoms with Gasteiger partial charge in [0.1, 0.15) is 11.4 Å². The highest BCUT2D eigenvalue weighted by Crippen LogP contribution is 2.17. The molecule has 8 heteroatoms. The first-order valence-electron chi connectivity index (χ1n) is 9.34. The number of hydrogen-bond acceptors (Lipinski definition) is 6. The van der Waals surface area contributed by atoms with Gasteiger partial charge in [0, 0.05) is 17.8 Å². The monoisotopic (exact) mass is 414 g/mol. The molecule has 8 nitrogen and oxygen atoms in total. The number of carbonyl (C=O) groups is 3. The van der Waals surface area contributed by atoms with Crippen LogP contribution in [0.3, 0.4) is 0 Å². The molecule has 0 saturated heterocycles. The van der Waals surface area contributed by atoms with E-state index in [1.54, 1.807) is 46.1 Å². The van der Waals surface area contributed by atoms with Crippen LogP contribution in [-0.2, 0) is 20.8 Å². The van der Waals surface area contributed by atoms with Crippen LogP contribution in [0.1, 0.15) is 36.7 Å². The summed E-state index contributed by atoms with van der Waals surface area (Å²) in [6.45, 7) is 5.13. The summed E-state index contributed by atoms with van der Waals surface area (Å²) in [4.78, 5) is 35.8. The summed E-state index contributed by atoms with van der Waals surface area (Å²) in [6, 6.07) is 13.4. The molecule has 0 bridgehead atoms. The fourth-order valence-corrected chi connectivity index (χ4v) is 2.42. The van der Waals surface area contributed by atoms with Gasteiger partial charge in [0.05, 0.1) is 12.7 Å². The van der Waals surface area contributed by atoms with Crippen LogP contribution < -0.4 is 15.4 Å². The molecule has 0 fully saturated rings. The number of rotatable bonds is 7. The van der Waals surface area contributed by atoms with Crippen LogP contribution in [0.25, 0.3) is 0 Å². The third kappa shape index (κ3) is 7.46. The van der Waals surface area contributed by atoms with Crippen LogP contribution in [0, 0.1) is 0 Å². The van der Waals surface area contributed by atoms with Crippen molar-refractivity contribution < 1.29 is 28.6 Å². The van der Waals surface area contributed by atoms with E-state index in [9.17, 15) is 14.4 Å². The summed E-state index contributed by atoms with van der Waals surface area (Å²) in [5.74, 6) is -0.418. The van der Waals surface area contributed by atoms with Crippen molar-refractivity contribution in [3.8, 4) is 5.75 Å². The molecule has 0 aliphatic heterocycles.